The van der Waals surface area contributed by atoms with Crippen LogP contribution in [-0.4, -0.2) is 25.9 Å². The maximum atomic E-state index is 12.3. The Morgan fingerprint density at radius 2 is 1.75 bits per heavy atom. The van der Waals surface area contributed by atoms with Crippen molar-refractivity contribution in [1.29, 1.82) is 0 Å². The number of benzene rings is 2. The van der Waals surface area contributed by atoms with Crippen LogP contribution in [0.5, 0.6) is 0 Å². The van der Waals surface area contributed by atoms with Crippen LogP contribution >= 0.6 is 0 Å². The molecule has 0 saturated carbocycles. The second-order valence-corrected chi connectivity index (χ2v) is 6.25. The molecule has 2 heterocycles. The third-order valence-electron chi connectivity index (χ3n) is 4.09. The molecule has 0 atom stereocenters. The van der Waals surface area contributed by atoms with Gasteiger partial charge in [-0.1, -0.05) is 17.7 Å². The summed E-state index contributed by atoms with van der Waals surface area (Å²) in [6.07, 6.45) is 3.49. The number of anilines is 3. The molecule has 0 spiro atoms. The molecule has 7 nitrogen and oxygen atoms in total. The molecule has 0 aliphatic rings. The molecule has 2 aromatic heterocycles. The number of nitrogens with one attached hydrogen (secondary N) is 2. The van der Waals surface area contributed by atoms with Gasteiger partial charge in [0.15, 0.2) is 11.6 Å². The molecule has 28 heavy (non-hydrogen) atoms. The molecule has 4 aromatic rings. The Morgan fingerprint density at radius 3 is 2.43 bits per heavy atom. The highest BCUT2D eigenvalue weighted by molar-refractivity contribution is 6.04. The number of nitrogens with zero attached hydrogens (tertiary/aromatic N) is 4. The van der Waals surface area contributed by atoms with E-state index < -0.39 is 0 Å². The van der Waals surface area contributed by atoms with Crippen molar-refractivity contribution >= 4 is 23.1 Å². The van der Waals surface area contributed by atoms with Crippen LogP contribution in [0.1, 0.15) is 15.9 Å². The first kappa shape index (κ1) is 17.4. The zero-order valence-corrected chi connectivity index (χ0v) is 15.2. The van der Waals surface area contributed by atoms with Crippen LogP contribution in [-0.2, 0) is 0 Å². The first-order valence-electron chi connectivity index (χ1n) is 8.76. The first-order chi connectivity index (χ1) is 13.7. The first-order valence-corrected chi connectivity index (χ1v) is 8.76. The van der Waals surface area contributed by atoms with E-state index >= 15 is 0 Å². The molecule has 138 valence electrons. The maximum absolute atomic E-state index is 12.3. The lowest BCUT2D eigenvalue weighted by molar-refractivity contribution is 0.102. The molecule has 7 heteroatoms. The largest absolute Gasteiger partial charge is 0.339 e. The van der Waals surface area contributed by atoms with Gasteiger partial charge in [0.25, 0.3) is 5.91 Å². The topological polar surface area (TPSA) is 84.7 Å². The summed E-state index contributed by atoms with van der Waals surface area (Å²) in [5, 5.41) is 18.5. The van der Waals surface area contributed by atoms with Crippen molar-refractivity contribution in [2.24, 2.45) is 0 Å². The summed E-state index contributed by atoms with van der Waals surface area (Å²) in [5.41, 5.74) is 3.24. The molecular weight excluding hydrogens is 352 g/mol. The van der Waals surface area contributed by atoms with Gasteiger partial charge in [0.05, 0.1) is 0 Å². The number of hydrogen-bond donors (Lipinski definition) is 2. The van der Waals surface area contributed by atoms with Crippen molar-refractivity contribution in [2.45, 2.75) is 6.92 Å². The van der Waals surface area contributed by atoms with E-state index in [0.29, 0.717) is 17.2 Å². The summed E-state index contributed by atoms with van der Waals surface area (Å²) < 4.78 is 1.64. The SMILES string of the molecule is Cc1cccc(C(=O)Nc2ccc(Nc3ccc(-n4cccn4)nn3)cc2)c1. The normalized spacial score (nSPS) is 10.5. The fourth-order valence-corrected chi connectivity index (χ4v) is 2.69. The van der Waals surface area contributed by atoms with E-state index in [-0.39, 0.29) is 5.91 Å². The quantitative estimate of drug-likeness (QED) is 0.555. The van der Waals surface area contributed by atoms with Crippen molar-refractivity contribution in [3.63, 3.8) is 0 Å². The standard InChI is InChI=1S/C21H18N6O/c1-15-4-2-5-16(14-15)21(28)24-18-8-6-17(7-9-18)23-19-10-11-20(26-25-19)27-13-3-12-22-27/h2-14H,1H3,(H,23,25)(H,24,28). The van der Waals surface area contributed by atoms with Crippen LogP contribution in [0, 0.1) is 6.92 Å². The van der Waals surface area contributed by atoms with Crippen LogP contribution in [0.4, 0.5) is 17.2 Å². The van der Waals surface area contributed by atoms with Crippen LogP contribution in [0.2, 0.25) is 0 Å². The van der Waals surface area contributed by atoms with Crippen LogP contribution in [0.3, 0.4) is 0 Å². The molecule has 0 unspecified atom stereocenters. The Hall–Kier alpha value is -4.00. The Morgan fingerprint density at radius 1 is 0.929 bits per heavy atom. The monoisotopic (exact) mass is 370 g/mol. The van der Waals surface area contributed by atoms with Gasteiger partial charge in [-0.15, -0.1) is 10.2 Å². The fraction of sp³-hybridized carbons (Fsp3) is 0.0476. The van der Waals surface area contributed by atoms with Crippen molar-refractivity contribution < 1.29 is 4.79 Å². The highest BCUT2D eigenvalue weighted by atomic mass is 16.1. The van der Waals surface area contributed by atoms with Gasteiger partial charge in [-0.25, -0.2) is 4.68 Å². The predicted octanol–water partition coefficient (Wildman–Crippen LogP) is 3.97. The van der Waals surface area contributed by atoms with Gasteiger partial charge < -0.3 is 10.6 Å². The smallest absolute Gasteiger partial charge is 0.255 e. The number of carbonyl (C=O) groups excluding carboxylic acids is 1. The summed E-state index contributed by atoms with van der Waals surface area (Å²) >= 11 is 0. The van der Waals surface area contributed by atoms with Gasteiger partial charge in [-0.2, -0.15) is 5.10 Å². The van der Waals surface area contributed by atoms with Gasteiger partial charge in [0.1, 0.15) is 0 Å². The van der Waals surface area contributed by atoms with Crippen molar-refractivity contribution in [3.8, 4) is 5.82 Å². The summed E-state index contributed by atoms with van der Waals surface area (Å²) in [6.45, 7) is 1.96. The van der Waals surface area contributed by atoms with Crippen molar-refractivity contribution in [3.05, 3.63) is 90.3 Å². The molecule has 4 rings (SSSR count). The van der Waals surface area contributed by atoms with Gasteiger partial charge in [0.2, 0.25) is 0 Å². The summed E-state index contributed by atoms with van der Waals surface area (Å²) in [5.74, 6) is 1.13. The lowest BCUT2D eigenvalue weighted by atomic mass is 10.1. The van der Waals surface area contributed by atoms with Gasteiger partial charge in [-0.3, -0.25) is 4.79 Å². The Kier molecular flexibility index (Phi) is 4.79. The molecule has 0 radical (unpaired) electrons. The number of amides is 1. The third-order valence-corrected chi connectivity index (χ3v) is 4.09. The van der Waals surface area contributed by atoms with E-state index in [1.165, 1.54) is 0 Å². The average molecular weight is 370 g/mol. The Bertz CT molecular complexity index is 1070. The van der Waals surface area contributed by atoms with E-state index in [0.717, 1.165) is 16.9 Å². The maximum Gasteiger partial charge on any atom is 0.255 e. The molecule has 2 N–H and O–H groups in total. The number of rotatable bonds is 5. The van der Waals surface area contributed by atoms with Gasteiger partial charge in [0, 0.05) is 29.3 Å². The zero-order chi connectivity index (χ0) is 19.3. The van der Waals surface area contributed by atoms with E-state index in [2.05, 4.69) is 25.9 Å². The lowest BCUT2D eigenvalue weighted by Crippen LogP contribution is -2.11. The van der Waals surface area contributed by atoms with Crippen molar-refractivity contribution in [1.82, 2.24) is 20.0 Å². The second-order valence-electron chi connectivity index (χ2n) is 6.25. The lowest BCUT2D eigenvalue weighted by Gasteiger charge is -2.09. The number of carbonyl (C=O) groups is 1. The van der Waals surface area contributed by atoms with E-state index in [4.69, 9.17) is 0 Å². The molecule has 0 bridgehead atoms. The van der Waals surface area contributed by atoms with Gasteiger partial charge in [-0.05, 0) is 61.5 Å². The van der Waals surface area contributed by atoms with E-state index in [9.17, 15) is 4.79 Å². The Labute approximate surface area is 162 Å². The fourth-order valence-electron chi connectivity index (χ4n) is 2.69. The van der Waals surface area contributed by atoms with E-state index in [1.54, 1.807) is 23.1 Å². The highest BCUT2D eigenvalue weighted by Crippen LogP contribution is 2.18. The molecular formula is C21H18N6O. The predicted molar refractivity (Wildman–Crippen MR) is 108 cm³/mol. The summed E-state index contributed by atoms with van der Waals surface area (Å²) in [6, 6.07) is 20.4. The minimum absolute atomic E-state index is 0.135. The molecule has 0 aliphatic carbocycles. The van der Waals surface area contributed by atoms with Crippen LogP contribution in [0.25, 0.3) is 5.82 Å². The minimum Gasteiger partial charge on any atom is -0.339 e. The minimum atomic E-state index is -0.135. The number of hydrogen-bond acceptors (Lipinski definition) is 5. The number of aryl methyl sites for hydroxylation is 1. The Balaban J connectivity index is 1.40. The average Bonchev–Trinajstić information content (AvgIpc) is 3.25. The number of aromatic nitrogens is 4. The molecule has 0 aliphatic heterocycles. The summed E-state index contributed by atoms with van der Waals surface area (Å²) in [7, 11) is 0. The molecule has 0 saturated heterocycles. The van der Waals surface area contributed by atoms with Crippen LogP contribution < -0.4 is 10.6 Å². The van der Waals surface area contributed by atoms with Crippen molar-refractivity contribution in [2.75, 3.05) is 10.6 Å². The third kappa shape index (κ3) is 4.04. The molecule has 1 amide bonds. The zero-order valence-electron chi connectivity index (χ0n) is 15.2. The summed E-state index contributed by atoms with van der Waals surface area (Å²) in [4.78, 5) is 12.3. The molecule has 2 aromatic carbocycles. The molecule has 0 fully saturated rings. The highest BCUT2D eigenvalue weighted by Gasteiger charge is 2.06. The van der Waals surface area contributed by atoms with Crippen LogP contribution in [0.15, 0.2) is 79.1 Å². The van der Waals surface area contributed by atoms with Gasteiger partial charge >= 0.3 is 0 Å². The second kappa shape index (κ2) is 7.71. The van der Waals surface area contributed by atoms with E-state index in [1.807, 2.05) is 67.6 Å².